The number of fused-ring (bicyclic) bond motifs is 1. The van der Waals surface area contributed by atoms with E-state index in [1.807, 2.05) is 0 Å². The van der Waals surface area contributed by atoms with Crippen molar-refractivity contribution in [3.63, 3.8) is 0 Å². The van der Waals surface area contributed by atoms with Crippen LogP contribution in [0.4, 0.5) is 0 Å². The normalized spacial score (nSPS) is 31.4. The minimum Gasteiger partial charge on any atom is -0.507 e. The molecule has 0 spiro atoms. The van der Waals surface area contributed by atoms with Crippen molar-refractivity contribution in [2.75, 3.05) is 20.3 Å². The summed E-state index contributed by atoms with van der Waals surface area (Å²) in [5.74, 6) is -0.601. The number of phenolic OH excluding ortho intramolecular Hbond substituents is 2. The number of aromatic hydroxyl groups is 2. The Kier molecular flexibility index (Phi) is 8.56. The summed E-state index contributed by atoms with van der Waals surface area (Å²) in [5.41, 5.74) is -0.378. The molecule has 228 valence electrons. The lowest BCUT2D eigenvalue weighted by Crippen LogP contribution is -2.60. The molecule has 15 nitrogen and oxygen atoms in total. The molecule has 5 rings (SSSR count). The van der Waals surface area contributed by atoms with E-state index in [9.17, 15) is 45.6 Å². The van der Waals surface area contributed by atoms with Crippen molar-refractivity contribution in [3.8, 4) is 34.3 Å². The van der Waals surface area contributed by atoms with Crippen molar-refractivity contribution in [1.29, 1.82) is 0 Å². The Balaban J connectivity index is 1.36. The van der Waals surface area contributed by atoms with Crippen LogP contribution in [0.3, 0.4) is 0 Å². The average Bonchev–Trinajstić information content (AvgIpc) is 3.24. The molecule has 3 heterocycles. The number of hydrogen-bond acceptors (Lipinski definition) is 15. The molecule has 2 fully saturated rings. The maximum atomic E-state index is 12.8. The van der Waals surface area contributed by atoms with Gasteiger partial charge in [0.15, 0.2) is 23.2 Å². The van der Waals surface area contributed by atoms with Gasteiger partial charge in [0.2, 0.25) is 6.29 Å². The first-order valence-electron chi connectivity index (χ1n) is 12.8. The van der Waals surface area contributed by atoms with Gasteiger partial charge in [0, 0.05) is 23.8 Å². The Hall–Kier alpha value is -3.51. The van der Waals surface area contributed by atoms with Gasteiger partial charge in [-0.3, -0.25) is 4.79 Å². The molecule has 2 aliphatic rings. The van der Waals surface area contributed by atoms with Crippen molar-refractivity contribution in [3.05, 3.63) is 46.6 Å². The second kappa shape index (κ2) is 12.0. The second-order valence-corrected chi connectivity index (χ2v) is 9.85. The van der Waals surface area contributed by atoms with Gasteiger partial charge in [-0.1, -0.05) is 0 Å². The van der Waals surface area contributed by atoms with Crippen LogP contribution in [0.15, 0.2) is 45.6 Å². The quantitative estimate of drug-likeness (QED) is 0.148. The summed E-state index contributed by atoms with van der Waals surface area (Å²) >= 11 is 0. The van der Waals surface area contributed by atoms with Crippen LogP contribution in [0, 0.1) is 0 Å². The van der Waals surface area contributed by atoms with E-state index in [1.54, 1.807) is 6.07 Å². The van der Waals surface area contributed by atoms with Crippen LogP contribution in [-0.4, -0.2) is 116 Å². The second-order valence-electron chi connectivity index (χ2n) is 9.85. The van der Waals surface area contributed by atoms with Crippen molar-refractivity contribution >= 4 is 11.0 Å². The van der Waals surface area contributed by atoms with Crippen LogP contribution in [-0.2, 0) is 14.2 Å². The zero-order chi connectivity index (χ0) is 30.3. The number of aliphatic hydroxyl groups is 6. The zero-order valence-electron chi connectivity index (χ0n) is 22.0. The average molecular weight is 595 g/mol. The highest BCUT2D eigenvalue weighted by Gasteiger charge is 2.47. The molecule has 1 aromatic heterocycles. The highest BCUT2D eigenvalue weighted by Crippen LogP contribution is 2.35. The van der Waals surface area contributed by atoms with Crippen molar-refractivity contribution in [2.24, 2.45) is 0 Å². The maximum Gasteiger partial charge on any atom is 0.229 e. The first-order chi connectivity index (χ1) is 20.0. The highest BCUT2D eigenvalue weighted by molar-refractivity contribution is 5.86. The molecule has 0 aliphatic carbocycles. The standard InChI is InChI=1S/C27H30O15/c1-37-15-3-2-10(4-12(15)29)16-7-14(31)20-13(30)5-11(6-17(20)40-16)39-27-25(36)23(34)22(33)19(42-27)9-38-26-24(35)21(32)18(8-28)41-26/h2-7,18-19,21-30,32-36H,8-9H2,1H3/t18-,19+,21-,22+,23-,24+,25+,26-,27+/m0/s1. The van der Waals surface area contributed by atoms with Gasteiger partial charge in [-0.2, -0.15) is 0 Å². The molecule has 0 unspecified atom stereocenters. The summed E-state index contributed by atoms with van der Waals surface area (Å²) in [6.45, 7) is -1.07. The third-order valence-electron chi connectivity index (χ3n) is 7.09. The van der Waals surface area contributed by atoms with E-state index < -0.39 is 79.7 Å². The lowest BCUT2D eigenvalue weighted by atomic mass is 9.99. The van der Waals surface area contributed by atoms with Crippen molar-refractivity contribution in [2.45, 2.75) is 55.3 Å². The summed E-state index contributed by atoms with van der Waals surface area (Å²) < 4.78 is 32.7. The number of benzene rings is 2. The van der Waals surface area contributed by atoms with E-state index in [2.05, 4.69) is 0 Å². The number of hydrogen-bond donors (Lipinski definition) is 8. The van der Waals surface area contributed by atoms with E-state index in [0.29, 0.717) is 5.56 Å². The molecule has 2 saturated heterocycles. The molecule has 42 heavy (non-hydrogen) atoms. The topological polar surface area (TPSA) is 238 Å². The van der Waals surface area contributed by atoms with Crippen LogP contribution in [0.1, 0.15) is 0 Å². The molecule has 0 radical (unpaired) electrons. The van der Waals surface area contributed by atoms with Crippen LogP contribution < -0.4 is 14.9 Å². The molecule has 0 saturated carbocycles. The Morgan fingerprint density at radius 1 is 0.810 bits per heavy atom. The van der Waals surface area contributed by atoms with Gasteiger partial charge in [0.05, 0.1) is 20.3 Å². The molecular weight excluding hydrogens is 564 g/mol. The summed E-state index contributed by atoms with van der Waals surface area (Å²) in [5, 5.41) is 81.0. The van der Waals surface area contributed by atoms with Gasteiger partial charge in [-0.25, -0.2) is 0 Å². The molecule has 2 aromatic carbocycles. The Morgan fingerprint density at radius 3 is 2.17 bits per heavy atom. The molecule has 0 bridgehead atoms. The largest absolute Gasteiger partial charge is 0.507 e. The van der Waals surface area contributed by atoms with E-state index in [4.69, 9.17) is 28.1 Å². The molecule has 2 aliphatic heterocycles. The van der Waals surface area contributed by atoms with Gasteiger partial charge in [0.25, 0.3) is 0 Å². The number of phenols is 2. The summed E-state index contributed by atoms with van der Waals surface area (Å²) in [6.07, 6.45) is -13.6. The van der Waals surface area contributed by atoms with Gasteiger partial charge in [0.1, 0.15) is 71.0 Å². The fraction of sp³-hybridized carbons (Fsp3) is 0.444. The predicted octanol–water partition coefficient (Wildman–Crippen LogP) is -1.48. The van der Waals surface area contributed by atoms with Gasteiger partial charge < -0.3 is 69.0 Å². The van der Waals surface area contributed by atoms with Crippen LogP contribution >= 0.6 is 0 Å². The molecule has 9 atom stereocenters. The van der Waals surface area contributed by atoms with Crippen LogP contribution in [0.2, 0.25) is 0 Å². The number of rotatable bonds is 8. The summed E-state index contributed by atoms with van der Waals surface area (Å²) in [6, 6.07) is 7.78. The predicted molar refractivity (Wildman–Crippen MR) is 139 cm³/mol. The maximum absolute atomic E-state index is 12.8. The highest BCUT2D eigenvalue weighted by atomic mass is 16.7. The Morgan fingerprint density at radius 2 is 1.50 bits per heavy atom. The molecule has 3 aromatic rings. The third kappa shape index (κ3) is 5.61. The summed E-state index contributed by atoms with van der Waals surface area (Å²) in [4.78, 5) is 12.8. The smallest absolute Gasteiger partial charge is 0.229 e. The minimum atomic E-state index is -1.77. The van der Waals surface area contributed by atoms with E-state index in [-0.39, 0.29) is 34.0 Å². The fourth-order valence-corrected chi connectivity index (χ4v) is 4.78. The molecular formula is C27H30O15. The van der Waals surface area contributed by atoms with Gasteiger partial charge in [-0.15, -0.1) is 0 Å². The monoisotopic (exact) mass is 594 g/mol. The van der Waals surface area contributed by atoms with Crippen molar-refractivity contribution in [1.82, 2.24) is 0 Å². The van der Waals surface area contributed by atoms with Gasteiger partial charge >= 0.3 is 0 Å². The Labute approximate surface area is 236 Å². The third-order valence-corrected chi connectivity index (χ3v) is 7.09. The lowest BCUT2D eigenvalue weighted by Gasteiger charge is -2.40. The summed E-state index contributed by atoms with van der Waals surface area (Å²) in [7, 11) is 1.38. The number of methoxy groups -OCH3 is 1. The lowest BCUT2D eigenvalue weighted by molar-refractivity contribution is -0.290. The Bertz CT molecular complexity index is 1470. The first kappa shape index (κ1) is 30.0. The van der Waals surface area contributed by atoms with E-state index in [1.165, 1.54) is 25.3 Å². The van der Waals surface area contributed by atoms with Gasteiger partial charge in [-0.05, 0) is 18.2 Å². The molecule has 15 heteroatoms. The first-order valence-corrected chi connectivity index (χ1v) is 12.8. The molecule has 0 amide bonds. The van der Waals surface area contributed by atoms with E-state index in [0.717, 1.165) is 12.1 Å². The minimum absolute atomic E-state index is 0.0524. The number of ether oxygens (including phenoxy) is 5. The molecule has 8 N–H and O–H groups in total. The number of aliphatic hydroxyl groups excluding tert-OH is 6. The van der Waals surface area contributed by atoms with Crippen molar-refractivity contribution < 1.29 is 69.0 Å². The fourth-order valence-electron chi connectivity index (χ4n) is 4.78. The van der Waals surface area contributed by atoms with Crippen LogP contribution in [0.25, 0.3) is 22.3 Å². The SMILES string of the molecule is COc1ccc(-c2cc(=O)c3c(O)cc(O[C@@H]4O[C@H](CO[C@H]5O[C@@H](CO)[C@H](O)[C@H]5O)[C@@H](O)[C@H](O)[C@H]4O)cc3o2)cc1O. The zero-order valence-corrected chi connectivity index (χ0v) is 22.0. The van der Waals surface area contributed by atoms with Crippen LogP contribution in [0.5, 0.6) is 23.0 Å². The van der Waals surface area contributed by atoms with E-state index >= 15 is 0 Å².